The fraction of sp³-hybridized carbons (Fsp3) is 0.583. The molecule has 0 bridgehead atoms. The van der Waals surface area contributed by atoms with Crippen LogP contribution in [0.2, 0.25) is 0 Å². The van der Waals surface area contributed by atoms with Crippen molar-refractivity contribution in [3.8, 4) is 6.07 Å². The molecule has 0 radical (unpaired) electrons. The van der Waals surface area contributed by atoms with E-state index in [1.165, 1.54) is 6.20 Å². The second-order valence-corrected chi connectivity index (χ2v) is 4.90. The smallest absolute Gasteiger partial charge is 0.183 e. The zero-order valence-electron chi connectivity index (χ0n) is 10.5. The molecule has 18 heavy (non-hydrogen) atoms. The average Bonchev–Trinajstić information content (AvgIpc) is 2.36. The van der Waals surface area contributed by atoms with E-state index in [1.54, 1.807) is 6.20 Å². The van der Waals surface area contributed by atoms with Crippen LogP contribution in [0.25, 0.3) is 0 Å². The maximum absolute atomic E-state index is 9.26. The first-order valence-electron chi connectivity index (χ1n) is 5.80. The van der Waals surface area contributed by atoms with Crippen LogP contribution < -0.4 is 4.90 Å². The third-order valence-electron chi connectivity index (χ3n) is 2.77. The Labute approximate surface area is 106 Å². The largest absolute Gasteiger partial charge is 0.394 e. The van der Waals surface area contributed by atoms with Crippen LogP contribution >= 0.6 is 0 Å². The highest BCUT2D eigenvalue weighted by molar-refractivity contribution is 5.50. The summed E-state index contributed by atoms with van der Waals surface area (Å²) in [6.07, 6.45) is 2.78. The number of nitrogens with zero attached hydrogens (tertiary/aromatic N) is 4. The van der Waals surface area contributed by atoms with Gasteiger partial charge in [0, 0.05) is 25.5 Å². The highest BCUT2D eigenvalue weighted by Crippen LogP contribution is 2.25. The molecule has 0 aliphatic carbocycles. The second kappa shape index (κ2) is 4.88. The molecule has 1 aromatic rings. The van der Waals surface area contributed by atoms with Crippen LogP contribution in [-0.2, 0) is 4.74 Å². The van der Waals surface area contributed by atoms with E-state index in [0.717, 1.165) is 0 Å². The molecule has 2 rings (SSSR count). The molecule has 1 N–H and O–H groups in total. The maximum atomic E-state index is 9.26. The SMILES string of the molecule is CC1(C)CN(c2nccnc2C#N)CC(CO)O1. The third-order valence-corrected chi connectivity index (χ3v) is 2.77. The van der Waals surface area contributed by atoms with Gasteiger partial charge < -0.3 is 14.7 Å². The number of aliphatic hydroxyl groups excluding tert-OH is 1. The molecule has 96 valence electrons. The van der Waals surface area contributed by atoms with Gasteiger partial charge >= 0.3 is 0 Å². The highest BCUT2D eigenvalue weighted by atomic mass is 16.5. The Morgan fingerprint density at radius 3 is 2.94 bits per heavy atom. The topological polar surface area (TPSA) is 82.3 Å². The van der Waals surface area contributed by atoms with Crippen LogP contribution in [0.1, 0.15) is 19.5 Å². The van der Waals surface area contributed by atoms with Gasteiger partial charge in [0.05, 0.1) is 18.3 Å². The van der Waals surface area contributed by atoms with Gasteiger partial charge in [0.1, 0.15) is 6.07 Å². The standard InChI is InChI=1S/C12H16N4O2/c1-12(2)8-16(6-9(7-17)18-12)11-10(5-13)14-3-4-15-11/h3-4,9,17H,6-8H2,1-2H3. The summed E-state index contributed by atoms with van der Waals surface area (Å²) in [5.74, 6) is 0.551. The van der Waals surface area contributed by atoms with Crippen molar-refractivity contribution < 1.29 is 9.84 Å². The van der Waals surface area contributed by atoms with Crippen LogP contribution in [-0.4, -0.2) is 46.5 Å². The van der Waals surface area contributed by atoms with Gasteiger partial charge in [-0.3, -0.25) is 0 Å². The summed E-state index contributed by atoms with van der Waals surface area (Å²) >= 11 is 0. The van der Waals surface area contributed by atoms with Gasteiger partial charge in [0.15, 0.2) is 11.5 Å². The van der Waals surface area contributed by atoms with Crippen molar-refractivity contribution in [2.45, 2.75) is 25.6 Å². The van der Waals surface area contributed by atoms with E-state index >= 15 is 0 Å². The summed E-state index contributed by atoms with van der Waals surface area (Å²) in [6.45, 7) is 4.96. The van der Waals surface area contributed by atoms with Gasteiger partial charge in [-0.15, -0.1) is 0 Å². The first-order chi connectivity index (χ1) is 8.55. The summed E-state index contributed by atoms with van der Waals surface area (Å²) in [5.41, 5.74) is -0.0949. The minimum atomic E-state index is -0.393. The van der Waals surface area contributed by atoms with Crippen LogP contribution in [0.5, 0.6) is 0 Å². The van der Waals surface area contributed by atoms with Crippen molar-refractivity contribution in [3.05, 3.63) is 18.1 Å². The Hall–Kier alpha value is -1.71. The molecule has 1 aliphatic heterocycles. The van der Waals surface area contributed by atoms with Crippen molar-refractivity contribution in [2.24, 2.45) is 0 Å². The molecule has 1 unspecified atom stereocenters. The average molecular weight is 248 g/mol. The van der Waals surface area contributed by atoms with E-state index in [4.69, 9.17) is 10.00 Å². The minimum Gasteiger partial charge on any atom is -0.394 e. The fourth-order valence-electron chi connectivity index (χ4n) is 2.19. The molecule has 0 spiro atoms. The Bertz CT molecular complexity index is 469. The van der Waals surface area contributed by atoms with E-state index in [1.807, 2.05) is 24.8 Å². The van der Waals surface area contributed by atoms with Crippen LogP contribution in [0.3, 0.4) is 0 Å². The molecule has 0 amide bonds. The Morgan fingerprint density at radius 1 is 1.56 bits per heavy atom. The number of rotatable bonds is 2. The first kappa shape index (κ1) is 12.7. The zero-order chi connectivity index (χ0) is 13.2. The van der Waals surface area contributed by atoms with Crippen molar-refractivity contribution in [3.63, 3.8) is 0 Å². The Balaban J connectivity index is 2.30. The van der Waals surface area contributed by atoms with Crippen LogP contribution in [0.4, 0.5) is 5.82 Å². The molecule has 1 atom stereocenters. The molecule has 2 heterocycles. The number of morpholine rings is 1. The molecule has 0 saturated carbocycles. The number of ether oxygens (including phenoxy) is 1. The Kier molecular flexibility index (Phi) is 3.45. The molecular formula is C12H16N4O2. The molecule has 6 nitrogen and oxygen atoms in total. The number of aromatic nitrogens is 2. The lowest BCUT2D eigenvalue weighted by molar-refractivity contribution is -0.101. The summed E-state index contributed by atoms with van der Waals surface area (Å²) < 4.78 is 5.73. The predicted octanol–water partition coefficient (Wildman–Crippen LogP) is 0.324. The van der Waals surface area contributed by atoms with Gasteiger partial charge in [-0.2, -0.15) is 5.26 Å². The van der Waals surface area contributed by atoms with Gasteiger partial charge in [0.25, 0.3) is 0 Å². The van der Waals surface area contributed by atoms with E-state index in [-0.39, 0.29) is 12.7 Å². The lowest BCUT2D eigenvalue weighted by Gasteiger charge is -2.42. The molecule has 0 aromatic carbocycles. The number of nitriles is 1. The number of hydrogen-bond acceptors (Lipinski definition) is 6. The monoisotopic (exact) mass is 248 g/mol. The van der Waals surface area contributed by atoms with Crippen LogP contribution in [0.15, 0.2) is 12.4 Å². The normalized spacial score (nSPS) is 22.6. The summed E-state index contributed by atoms with van der Waals surface area (Å²) in [7, 11) is 0. The van der Waals surface area contributed by atoms with Crippen molar-refractivity contribution in [2.75, 3.05) is 24.6 Å². The summed E-state index contributed by atoms with van der Waals surface area (Å²) in [6, 6.07) is 2.03. The third kappa shape index (κ3) is 2.58. The Morgan fingerprint density at radius 2 is 2.28 bits per heavy atom. The van der Waals surface area contributed by atoms with Gasteiger partial charge in [0.2, 0.25) is 0 Å². The first-order valence-corrected chi connectivity index (χ1v) is 5.80. The van der Waals surface area contributed by atoms with E-state index < -0.39 is 5.60 Å². The van der Waals surface area contributed by atoms with Gasteiger partial charge in [-0.05, 0) is 13.8 Å². The van der Waals surface area contributed by atoms with Crippen molar-refractivity contribution in [1.29, 1.82) is 5.26 Å². The van der Waals surface area contributed by atoms with Crippen molar-refractivity contribution in [1.82, 2.24) is 9.97 Å². The second-order valence-electron chi connectivity index (χ2n) is 4.90. The fourth-order valence-corrected chi connectivity index (χ4v) is 2.19. The lowest BCUT2D eigenvalue weighted by atomic mass is 10.1. The molecule has 6 heteroatoms. The van der Waals surface area contributed by atoms with Crippen molar-refractivity contribution >= 4 is 5.82 Å². The zero-order valence-corrected chi connectivity index (χ0v) is 10.5. The highest BCUT2D eigenvalue weighted by Gasteiger charge is 2.34. The molecule has 1 aromatic heterocycles. The van der Waals surface area contributed by atoms with E-state index in [9.17, 15) is 5.11 Å². The summed E-state index contributed by atoms with van der Waals surface area (Å²) in [4.78, 5) is 10.2. The van der Waals surface area contributed by atoms with Gasteiger partial charge in [-0.25, -0.2) is 9.97 Å². The maximum Gasteiger partial charge on any atom is 0.183 e. The lowest BCUT2D eigenvalue weighted by Crippen LogP contribution is -2.54. The number of anilines is 1. The predicted molar refractivity (Wildman–Crippen MR) is 65.0 cm³/mol. The molecular weight excluding hydrogens is 232 g/mol. The quantitative estimate of drug-likeness (QED) is 0.812. The van der Waals surface area contributed by atoms with Gasteiger partial charge in [-0.1, -0.05) is 0 Å². The summed E-state index contributed by atoms with van der Waals surface area (Å²) in [5, 5.41) is 18.3. The van der Waals surface area contributed by atoms with E-state index in [0.29, 0.717) is 24.6 Å². The molecule has 1 fully saturated rings. The minimum absolute atomic E-state index is 0.0535. The van der Waals surface area contributed by atoms with E-state index in [2.05, 4.69) is 9.97 Å². The van der Waals surface area contributed by atoms with Crippen LogP contribution in [0, 0.1) is 11.3 Å². The molecule has 1 saturated heterocycles. The number of hydrogen-bond donors (Lipinski definition) is 1. The molecule has 1 aliphatic rings. The number of aliphatic hydroxyl groups is 1.